The van der Waals surface area contributed by atoms with Gasteiger partial charge in [0.1, 0.15) is 0 Å². The van der Waals surface area contributed by atoms with Gasteiger partial charge < -0.3 is 11.1 Å². The Morgan fingerprint density at radius 1 is 1.24 bits per heavy atom. The Bertz CT molecular complexity index is 525. The lowest BCUT2D eigenvalue weighted by Crippen LogP contribution is -2.36. The number of halogens is 2. The van der Waals surface area contributed by atoms with Crippen LogP contribution < -0.4 is 11.1 Å². The number of amides is 1. The van der Waals surface area contributed by atoms with Gasteiger partial charge in [-0.15, -0.1) is 0 Å². The number of aryl methyl sites for hydroxylation is 1. The molecule has 0 aromatic heterocycles. The molecule has 0 unspecified atom stereocenters. The molecule has 0 spiro atoms. The Morgan fingerprint density at radius 2 is 1.90 bits per heavy atom. The van der Waals surface area contributed by atoms with Gasteiger partial charge in [0.25, 0.3) is 0 Å². The summed E-state index contributed by atoms with van der Waals surface area (Å²) in [5, 5.41) is 3.98. The normalized spacial score (nSPS) is 17.5. The van der Waals surface area contributed by atoms with E-state index in [1.807, 2.05) is 6.92 Å². The lowest BCUT2D eigenvalue weighted by molar-refractivity contribution is -0.118. The highest BCUT2D eigenvalue weighted by Gasteiger charge is 2.33. The summed E-state index contributed by atoms with van der Waals surface area (Å²) in [6.45, 7) is 2.44. The van der Waals surface area contributed by atoms with Gasteiger partial charge in [-0.05, 0) is 49.4 Å². The fourth-order valence-electron chi connectivity index (χ4n) is 3.03. The topological polar surface area (TPSA) is 55.1 Å². The molecular formula is C16H22Cl2N2O. The van der Waals surface area contributed by atoms with Crippen LogP contribution in [0.1, 0.15) is 44.1 Å². The molecule has 21 heavy (non-hydrogen) atoms. The summed E-state index contributed by atoms with van der Waals surface area (Å²) in [5.74, 6) is -0.0378. The minimum absolute atomic E-state index is 0.0378. The highest BCUT2D eigenvalue weighted by atomic mass is 35.5. The van der Waals surface area contributed by atoms with E-state index in [2.05, 4.69) is 5.32 Å². The number of rotatable bonds is 4. The van der Waals surface area contributed by atoms with Crippen molar-refractivity contribution in [3.8, 4) is 0 Å². The number of carbonyl (C=O) groups is 1. The van der Waals surface area contributed by atoms with E-state index in [9.17, 15) is 4.79 Å². The lowest BCUT2D eigenvalue weighted by Gasteiger charge is -2.35. The van der Waals surface area contributed by atoms with E-state index in [1.54, 1.807) is 12.1 Å². The Balaban J connectivity index is 2.06. The van der Waals surface area contributed by atoms with Crippen LogP contribution >= 0.6 is 23.2 Å². The first-order chi connectivity index (χ1) is 9.96. The van der Waals surface area contributed by atoms with Crippen molar-refractivity contribution in [3.63, 3.8) is 0 Å². The maximum absolute atomic E-state index is 12.3. The molecule has 116 valence electrons. The van der Waals surface area contributed by atoms with Crippen LogP contribution in [0.5, 0.6) is 0 Å². The zero-order chi connectivity index (χ0) is 15.5. The van der Waals surface area contributed by atoms with Gasteiger partial charge >= 0.3 is 0 Å². The first-order valence-corrected chi connectivity index (χ1v) is 8.17. The summed E-state index contributed by atoms with van der Waals surface area (Å²) in [6.07, 6.45) is 6.05. The van der Waals surface area contributed by atoms with E-state index in [-0.39, 0.29) is 11.3 Å². The Kier molecular flexibility index (Phi) is 5.53. The Morgan fingerprint density at radius 3 is 2.52 bits per heavy atom. The number of carbonyl (C=O) groups excluding carboxylic acids is 1. The number of hydrogen-bond acceptors (Lipinski definition) is 2. The second kappa shape index (κ2) is 6.99. The third-order valence-corrected chi connectivity index (χ3v) is 5.13. The molecule has 0 aliphatic heterocycles. The van der Waals surface area contributed by atoms with Crippen molar-refractivity contribution < 1.29 is 4.79 Å². The second-order valence-corrected chi connectivity index (χ2v) is 6.89. The fourth-order valence-corrected chi connectivity index (χ4v) is 3.46. The number of nitrogens with one attached hydrogen (secondary N) is 1. The maximum atomic E-state index is 12.3. The van der Waals surface area contributed by atoms with E-state index in [4.69, 9.17) is 28.9 Å². The molecule has 2 rings (SSSR count). The van der Waals surface area contributed by atoms with Crippen molar-refractivity contribution in [2.24, 2.45) is 11.1 Å². The summed E-state index contributed by atoms with van der Waals surface area (Å²) in [4.78, 5) is 12.3. The van der Waals surface area contributed by atoms with Crippen molar-refractivity contribution in [1.82, 2.24) is 0 Å². The van der Waals surface area contributed by atoms with Crippen LogP contribution in [0.4, 0.5) is 5.69 Å². The molecule has 3 N–H and O–H groups in total. The first-order valence-electron chi connectivity index (χ1n) is 7.41. The number of benzene rings is 1. The fraction of sp³-hybridized carbons (Fsp3) is 0.562. The molecule has 1 aromatic carbocycles. The third-order valence-electron chi connectivity index (χ3n) is 4.41. The van der Waals surface area contributed by atoms with Gasteiger partial charge in [0.2, 0.25) is 5.91 Å². The van der Waals surface area contributed by atoms with Crippen molar-refractivity contribution >= 4 is 34.8 Å². The first kappa shape index (κ1) is 16.6. The summed E-state index contributed by atoms with van der Waals surface area (Å²) in [7, 11) is 0. The van der Waals surface area contributed by atoms with Crippen molar-refractivity contribution in [1.29, 1.82) is 0 Å². The zero-order valence-electron chi connectivity index (χ0n) is 12.3. The van der Waals surface area contributed by atoms with Crippen LogP contribution in [0.25, 0.3) is 0 Å². The van der Waals surface area contributed by atoms with Crippen LogP contribution in [-0.4, -0.2) is 12.5 Å². The smallest absolute Gasteiger partial charge is 0.225 e. The molecule has 1 fully saturated rings. The molecule has 1 aliphatic carbocycles. The molecule has 5 heteroatoms. The molecule has 3 nitrogen and oxygen atoms in total. The van der Waals surface area contributed by atoms with Crippen molar-refractivity contribution in [2.75, 3.05) is 11.9 Å². The highest BCUT2D eigenvalue weighted by Crippen LogP contribution is 2.39. The SMILES string of the molecule is Cc1cc(Cl)c(NC(=O)CC2(CN)CCCCC2)cc1Cl. The van der Waals surface area contributed by atoms with E-state index < -0.39 is 0 Å². The predicted octanol–water partition coefficient (Wildman–Crippen LogP) is 4.54. The van der Waals surface area contributed by atoms with Gasteiger partial charge in [-0.1, -0.05) is 42.5 Å². The summed E-state index contributed by atoms with van der Waals surface area (Å²) >= 11 is 12.2. The van der Waals surface area contributed by atoms with E-state index >= 15 is 0 Å². The summed E-state index contributed by atoms with van der Waals surface area (Å²) in [5.41, 5.74) is 7.34. The molecule has 0 heterocycles. The quantitative estimate of drug-likeness (QED) is 0.852. The molecule has 0 bridgehead atoms. The maximum Gasteiger partial charge on any atom is 0.225 e. The van der Waals surface area contributed by atoms with E-state index in [0.29, 0.717) is 28.7 Å². The van der Waals surface area contributed by atoms with Crippen LogP contribution in [-0.2, 0) is 4.79 Å². The van der Waals surface area contributed by atoms with Gasteiger partial charge in [-0.2, -0.15) is 0 Å². The average Bonchev–Trinajstić information content (AvgIpc) is 2.45. The number of nitrogens with two attached hydrogens (primary N) is 1. The Hall–Kier alpha value is -0.770. The van der Waals surface area contributed by atoms with Gasteiger partial charge in [-0.3, -0.25) is 4.79 Å². The van der Waals surface area contributed by atoms with E-state index in [0.717, 1.165) is 31.2 Å². The largest absolute Gasteiger partial charge is 0.330 e. The van der Waals surface area contributed by atoms with Gasteiger partial charge in [0.05, 0.1) is 10.7 Å². The van der Waals surface area contributed by atoms with Crippen molar-refractivity contribution in [3.05, 3.63) is 27.7 Å². The monoisotopic (exact) mass is 328 g/mol. The number of hydrogen-bond donors (Lipinski definition) is 2. The minimum atomic E-state index is -0.0523. The molecular weight excluding hydrogens is 307 g/mol. The standard InChI is InChI=1S/C16H22Cl2N2O/c1-11-7-13(18)14(8-12(11)17)20-15(21)9-16(10-19)5-3-2-4-6-16/h7-8H,2-6,9-10,19H2,1H3,(H,20,21). The van der Waals surface area contributed by atoms with Gasteiger partial charge in [-0.25, -0.2) is 0 Å². The van der Waals surface area contributed by atoms with Gasteiger partial charge in [0, 0.05) is 11.4 Å². The third kappa shape index (κ3) is 4.12. The van der Waals surface area contributed by atoms with Crippen LogP contribution in [0.3, 0.4) is 0 Å². The Labute approximate surface area is 136 Å². The molecule has 0 radical (unpaired) electrons. The lowest BCUT2D eigenvalue weighted by atomic mass is 9.71. The second-order valence-electron chi connectivity index (χ2n) is 6.07. The summed E-state index contributed by atoms with van der Waals surface area (Å²) < 4.78 is 0. The molecule has 1 saturated carbocycles. The molecule has 1 aromatic rings. The van der Waals surface area contributed by atoms with Crippen molar-refractivity contribution in [2.45, 2.75) is 45.4 Å². The highest BCUT2D eigenvalue weighted by molar-refractivity contribution is 6.36. The predicted molar refractivity (Wildman–Crippen MR) is 89.0 cm³/mol. The molecule has 1 amide bonds. The molecule has 0 saturated heterocycles. The van der Waals surface area contributed by atoms with Crippen LogP contribution in [0.15, 0.2) is 12.1 Å². The molecule has 1 aliphatic rings. The zero-order valence-corrected chi connectivity index (χ0v) is 13.9. The summed E-state index contributed by atoms with van der Waals surface area (Å²) in [6, 6.07) is 3.46. The van der Waals surface area contributed by atoms with Crippen LogP contribution in [0.2, 0.25) is 10.0 Å². The average molecular weight is 329 g/mol. The van der Waals surface area contributed by atoms with Gasteiger partial charge in [0.15, 0.2) is 0 Å². The van der Waals surface area contributed by atoms with Crippen LogP contribution in [0, 0.1) is 12.3 Å². The number of anilines is 1. The van der Waals surface area contributed by atoms with E-state index in [1.165, 1.54) is 6.42 Å². The minimum Gasteiger partial charge on any atom is -0.330 e. The molecule has 0 atom stereocenters.